The molecule has 1 aliphatic rings. The van der Waals surface area contributed by atoms with Gasteiger partial charge in [-0.2, -0.15) is 0 Å². The minimum absolute atomic E-state index is 0.407. The zero-order valence-corrected chi connectivity index (χ0v) is 8.77. The van der Waals surface area contributed by atoms with E-state index in [1.807, 2.05) is 25.4 Å². The monoisotopic (exact) mass is 202 g/mol. The summed E-state index contributed by atoms with van der Waals surface area (Å²) in [6, 6.07) is 4.35. The summed E-state index contributed by atoms with van der Waals surface area (Å²) in [7, 11) is 2.04. The highest BCUT2D eigenvalue weighted by atomic mass is 15.1. The standard InChI is InChI=1S/C11H14N4/c1-15-10-9(5-3-7-13-10)14-11(15)8-4-2-6-12-8/h3,5,7-8,12H,2,4,6H2,1H3/t8-/m0/s1. The lowest BCUT2D eigenvalue weighted by atomic mass is 10.2. The molecule has 78 valence electrons. The van der Waals surface area contributed by atoms with Crippen LogP contribution in [0.4, 0.5) is 0 Å². The SMILES string of the molecule is Cn1c([C@@H]2CCCN2)nc2cccnc21. The molecule has 0 bridgehead atoms. The number of hydrogen-bond acceptors (Lipinski definition) is 3. The number of hydrogen-bond donors (Lipinski definition) is 1. The van der Waals surface area contributed by atoms with E-state index in [1.54, 1.807) is 0 Å². The van der Waals surface area contributed by atoms with Crippen LogP contribution in [0, 0.1) is 0 Å². The van der Waals surface area contributed by atoms with Crippen LogP contribution in [0.2, 0.25) is 0 Å². The third-order valence-corrected chi connectivity index (χ3v) is 3.03. The average Bonchev–Trinajstić information content (AvgIpc) is 2.87. The van der Waals surface area contributed by atoms with Gasteiger partial charge in [-0.1, -0.05) is 0 Å². The topological polar surface area (TPSA) is 42.7 Å². The highest BCUT2D eigenvalue weighted by Crippen LogP contribution is 2.24. The second-order valence-electron chi connectivity index (χ2n) is 4.02. The maximum atomic E-state index is 4.63. The Balaban J connectivity index is 2.14. The minimum Gasteiger partial charge on any atom is -0.315 e. The molecule has 15 heavy (non-hydrogen) atoms. The van der Waals surface area contributed by atoms with Crippen molar-refractivity contribution in [2.45, 2.75) is 18.9 Å². The molecule has 0 radical (unpaired) electrons. The highest BCUT2D eigenvalue weighted by Gasteiger charge is 2.21. The molecular formula is C11H14N4. The van der Waals surface area contributed by atoms with E-state index in [0.29, 0.717) is 6.04 Å². The molecule has 0 unspecified atom stereocenters. The molecule has 4 nitrogen and oxygen atoms in total. The van der Waals surface area contributed by atoms with Gasteiger partial charge in [0.05, 0.1) is 6.04 Å². The van der Waals surface area contributed by atoms with Crippen LogP contribution in [-0.2, 0) is 7.05 Å². The van der Waals surface area contributed by atoms with E-state index in [4.69, 9.17) is 0 Å². The van der Waals surface area contributed by atoms with Crippen molar-refractivity contribution >= 4 is 11.2 Å². The predicted octanol–water partition coefficient (Wildman–Crippen LogP) is 1.39. The molecule has 1 saturated heterocycles. The maximum Gasteiger partial charge on any atom is 0.159 e. The zero-order chi connectivity index (χ0) is 10.3. The number of nitrogens with one attached hydrogen (secondary N) is 1. The van der Waals surface area contributed by atoms with Crippen LogP contribution in [0.1, 0.15) is 24.7 Å². The third-order valence-electron chi connectivity index (χ3n) is 3.03. The number of aryl methyl sites for hydroxylation is 1. The Bertz CT molecular complexity index is 482. The van der Waals surface area contributed by atoms with Crippen LogP contribution in [0.3, 0.4) is 0 Å². The maximum absolute atomic E-state index is 4.63. The van der Waals surface area contributed by atoms with Crippen LogP contribution in [0.15, 0.2) is 18.3 Å². The van der Waals surface area contributed by atoms with Crippen molar-refractivity contribution in [1.82, 2.24) is 19.9 Å². The summed E-state index contributed by atoms with van der Waals surface area (Å²) in [6.07, 6.45) is 4.23. The van der Waals surface area contributed by atoms with Crippen molar-refractivity contribution in [3.8, 4) is 0 Å². The zero-order valence-electron chi connectivity index (χ0n) is 8.77. The fourth-order valence-electron chi connectivity index (χ4n) is 2.26. The number of imidazole rings is 1. The molecule has 1 atom stereocenters. The second kappa shape index (κ2) is 3.31. The van der Waals surface area contributed by atoms with Gasteiger partial charge in [0.25, 0.3) is 0 Å². The molecule has 0 amide bonds. The van der Waals surface area contributed by atoms with E-state index in [-0.39, 0.29) is 0 Å². The van der Waals surface area contributed by atoms with E-state index in [1.165, 1.54) is 12.8 Å². The minimum atomic E-state index is 0.407. The summed E-state index contributed by atoms with van der Waals surface area (Å²) < 4.78 is 2.10. The molecular weight excluding hydrogens is 188 g/mol. The van der Waals surface area contributed by atoms with Crippen molar-refractivity contribution in [3.05, 3.63) is 24.2 Å². The van der Waals surface area contributed by atoms with Crippen LogP contribution < -0.4 is 5.32 Å². The molecule has 2 aromatic rings. The van der Waals surface area contributed by atoms with Gasteiger partial charge in [-0.05, 0) is 31.5 Å². The summed E-state index contributed by atoms with van der Waals surface area (Å²) in [4.78, 5) is 8.98. The number of pyridine rings is 1. The first-order chi connectivity index (χ1) is 7.36. The largest absolute Gasteiger partial charge is 0.315 e. The second-order valence-corrected chi connectivity index (χ2v) is 4.02. The van der Waals surface area contributed by atoms with Crippen LogP contribution >= 0.6 is 0 Å². The van der Waals surface area contributed by atoms with Gasteiger partial charge in [0.2, 0.25) is 0 Å². The van der Waals surface area contributed by atoms with Crippen molar-refractivity contribution in [2.75, 3.05) is 6.54 Å². The first kappa shape index (κ1) is 8.85. The highest BCUT2D eigenvalue weighted by molar-refractivity contribution is 5.71. The van der Waals surface area contributed by atoms with Gasteiger partial charge in [0, 0.05) is 13.2 Å². The van der Waals surface area contributed by atoms with Gasteiger partial charge in [-0.3, -0.25) is 0 Å². The molecule has 3 rings (SSSR count). The average molecular weight is 202 g/mol. The fourth-order valence-corrected chi connectivity index (χ4v) is 2.26. The van der Waals surface area contributed by atoms with Gasteiger partial charge in [0.15, 0.2) is 5.65 Å². The molecule has 2 aromatic heterocycles. The fraction of sp³-hybridized carbons (Fsp3) is 0.455. The molecule has 4 heteroatoms. The van der Waals surface area contributed by atoms with Crippen LogP contribution in [0.5, 0.6) is 0 Å². The lowest BCUT2D eigenvalue weighted by Crippen LogP contribution is -2.16. The summed E-state index contributed by atoms with van der Waals surface area (Å²) in [5, 5.41) is 3.46. The van der Waals surface area contributed by atoms with Crippen molar-refractivity contribution in [2.24, 2.45) is 7.05 Å². The first-order valence-corrected chi connectivity index (χ1v) is 5.37. The van der Waals surface area contributed by atoms with E-state index >= 15 is 0 Å². The van der Waals surface area contributed by atoms with Crippen LogP contribution in [0.25, 0.3) is 11.2 Å². The lowest BCUT2D eigenvalue weighted by molar-refractivity contribution is 0.583. The van der Waals surface area contributed by atoms with E-state index in [2.05, 4.69) is 19.9 Å². The summed E-state index contributed by atoms with van der Waals surface area (Å²) in [6.45, 7) is 1.10. The Morgan fingerprint density at radius 2 is 2.47 bits per heavy atom. The van der Waals surface area contributed by atoms with Crippen LogP contribution in [-0.4, -0.2) is 21.1 Å². The van der Waals surface area contributed by atoms with Crippen molar-refractivity contribution in [1.29, 1.82) is 0 Å². The van der Waals surface area contributed by atoms with Crippen molar-refractivity contribution < 1.29 is 0 Å². The number of rotatable bonds is 1. The molecule has 0 saturated carbocycles. The van der Waals surface area contributed by atoms with E-state index < -0.39 is 0 Å². The molecule has 0 aliphatic carbocycles. The number of nitrogens with zero attached hydrogens (tertiary/aromatic N) is 3. The molecule has 0 aromatic carbocycles. The Morgan fingerprint density at radius 3 is 3.20 bits per heavy atom. The van der Waals surface area contributed by atoms with E-state index in [0.717, 1.165) is 23.5 Å². The molecule has 1 N–H and O–H groups in total. The van der Waals surface area contributed by atoms with Gasteiger partial charge < -0.3 is 9.88 Å². The Morgan fingerprint density at radius 1 is 1.53 bits per heavy atom. The Labute approximate surface area is 88.3 Å². The third kappa shape index (κ3) is 1.33. The lowest BCUT2D eigenvalue weighted by Gasteiger charge is -2.09. The molecule has 1 aliphatic heterocycles. The normalized spacial score (nSPS) is 21.3. The molecule has 0 spiro atoms. The summed E-state index contributed by atoms with van der Waals surface area (Å²) >= 11 is 0. The van der Waals surface area contributed by atoms with Crippen molar-refractivity contribution in [3.63, 3.8) is 0 Å². The van der Waals surface area contributed by atoms with E-state index in [9.17, 15) is 0 Å². The summed E-state index contributed by atoms with van der Waals surface area (Å²) in [5.74, 6) is 1.11. The molecule has 1 fully saturated rings. The summed E-state index contributed by atoms with van der Waals surface area (Å²) in [5.41, 5.74) is 1.96. The quantitative estimate of drug-likeness (QED) is 0.760. The van der Waals surface area contributed by atoms with Gasteiger partial charge in [0.1, 0.15) is 11.3 Å². The first-order valence-electron chi connectivity index (χ1n) is 5.37. The Hall–Kier alpha value is -1.42. The Kier molecular flexibility index (Phi) is 1.95. The van der Waals surface area contributed by atoms with Gasteiger partial charge in [-0.15, -0.1) is 0 Å². The predicted molar refractivity (Wildman–Crippen MR) is 58.5 cm³/mol. The van der Waals surface area contributed by atoms with Gasteiger partial charge in [-0.25, -0.2) is 9.97 Å². The number of fused-ring (bicyclic) bond motifs is 1. The smallest absolute Gasteiger partial charge is 0.159 e. The van der Waals surface area contributed by atoms with Gasteiger partial charge >= 0.3 is 0 Å². The molecule has 3 heterocycles. The number of aromatic nitrogens is 3.